The summed E-state index contributed by atoms with van der Waals surface area (Å²) in [5.74, 6) is 0.856. The van der Waals surface area contributed by atoms with Crippen LogP contribution in [0.4, 0.5) is 11.4 Å². The highest BCUT2D eigenvalue weighted by Gasteiger charge is 2.03. The highest BCUT2D eigenvalue weighted by Crippen LogP contribution is 2.16. The largest absolute Gasteiger partial charge is 0.489 e. The van der Waals surface area contributed by atoms with E-state index in [1.54, 1.807) is 12.1 Å². The molecular formula is C23H26ClN3O3. The van der Waals surface area contributed by atoms with Crippen LogP contribution in [0.3, 0.4) is 0 Å². The van der Waals surface area contributed by atoms with Crippen LogP contribution in [0, 0.1) is 17.0 Å². The van der Waals surface area contributed by atoms with E-state index in [1.165, 1.54) is 23.3 Å². The van der Waals surface area contributed by atoms with Crippen LogP contribution in [0.5, 0.6) is 5.75 Å². The Kier molecular flexibility index (Phi) is 9.12. The Bertz CT molecular complexity index is 914. The number of nitro groups is 1. The number of hydrogen-bond acceptors (Lipinski definition) is 5. The van der Waals surface area contributed by atoms with E-state index in [-0.39, 0.29) is 18.1 Å². The summed E-state index contributed by atoms with van der Waals surface area (Å²) in [5, 5.41) is 17.3. The summed E-state index contributed by atoms with van der Waals surface area (Å²) in [6.07, 6.45) is 0. The molecule has 3 rings (SSSR count). The standard InChI is InChI=1S/C23H25N3O3.ClH/c1-18-2-4-20(5-3-18)17-29-23-12-6-19(7-13-23)16-24-14-15-25-21-8-10-22(11-9-21)26(27)28;/h2-13,24-25H,14-17H2,1H3;1H. The fraction of sp³-hybridized carbons (Fsp3) is 0.217. The minimum absolute atomic E-state index is 0. The number of anilines is 1. The van der Waals surface area contributed by atoms with E-state index in [4.69, 9.17) is 4.74 Å². The molecule has 3 aromatic carbocycles. The zero-order chi connectivity index (χ0) is 20.5. The van der Waals surface area contributed by atoms with Gasteiger partial charge in [0.2, 0.25) is 0 Å². The molecule has 0 aromatic heterocycles. The van der Waals surface area contributed by atoms with Gasteiger partial charge in [0.05, 0.1) is 4.92 Å². The van der Waals surface area contributed by atoms with E-state index in [0.29, 0.717) is 6.61 Å². The van der Waals surface area contributed by atoms with Gasteiger partial charge < -0.3 is 15.4 Å². The molecule has 6 nitrogen and oxygen atoms in total. The van der Waals surface area contributed by atoms with Gasteiger partial charge in [-0.05, 0) is 42.3 Å². The van der Waals surface area contributed by atoms with Crippen molar-refractivity contribution in [1.82, 2.24) is 5.32 Å². The minimum atomic E-state index is -0.399. The van der Waals surface area contributed by atoms with Crippen molar-refractivity contribution in [2.45, 2.75) is 20.1 Å². The SMILES string of the molecule is Cc1ccc(COc2ccc(CNCCNc3ccc([N+](=O)[O-])cc3)cc2)cc1.Cl. The van der Waals surface area contributed by atoms with Crippen molar-refractivity contribution < 1.29 is 9.66 Å². The van der Waals surface area contributed by atoms with Gasteiger partial charge in [-0.15, -0.1) is 12.4 Å². The molecule has 0 fully saturated rings. The van der Waals surface area contributed by atoms with Crippen molar-refractivity contribution in [2.75, 3.05) is 18.4 Å². The second kappa shape index (κ2) is 11.8. The average Bonchev–Trinajstić information content (AvgIpc) is 2.74. The molecule has 3 aromatic rings. The molecule has 2 N–H and O–H groups in total. The fourth-order valence-corrected chi connectivity index (χ4v) is 2.78. The Labute approximate surface area is 182 Å². The van der Waals surface area contributed by atoms with Crippen molar-refractivity contribution in [3.63, 3.8) is 0 Å². The molecular weight excluding hydrogens is 402 g/mol. The van der Waals surface area contributed by atoms with Gasteiger partial charge in [0.25, 0.3) is 5.69 Å². The number of benzene rings is 3. The molecule has 30 heavy (non-hydrogen) atoms. The third kappa shape index (κ3) is 7.39. The quantitative estimate of drug-likeness (QED) is 0.267. The van der Waals surface area contributed by atoms with Crippen LogP contribution >= 0.6 is 12.4 Å². The maximum atomic E-state index is 10.6. The summed E-state index contributed by atoms with van der Waals surface area (Å²) in [6, 6.07) is 22.9. The molecule has 0 heterocycles. The molecule has 0 saturated carbocycles. The molecule has 0 saturated heterocycles. The normalized spacial score (nSPS) is 10.2. The summed E-state index contributed by atoms with van der Waals surface area (Å²) in [4.78, 5) is 10.2. The van der Waals surface area contributed by atoms with E-state index < -0.39 is 4.92 Å². The molecule has 0 aliphatic heterocycles. The Morgan fingerprint density at radius 1 is 0.867 bits per heavy atom. The first kappa shape index (κ1) is 23.2. The first-order chi connectivity index (χ1) is 14.1. The first-order valence-electron chi connectivity index (χ1n) is 9.56. The van der Waals surface area contributed by atoms with Gasteiger partial charge in [0.1, 0.15) is 12.4 Å². The number of nitrogens with zero attached hydrogens (tertiary/aromatic N) is 1. The molecule has 0 radical (unpaired) electrons. The van der Waals surface area contributed by atoms with E-state index in [1.807, 2.05) is 12.1 Å². The zero-order valence-corrected chi connectivity index (χ0v) is 17.7. The lowest BCUT2D eigenvalue weighted by Crippen LogP contribution is -2.21. The van der Waals surface area contributed by atoms with E-state index in [0.717, 1.165) is 36.6 Å². The van der Waals surface area contributed by atoms with Gasteiger partial charge in [0.15, 0.2) is 0 Å². The predicted molar refractivity (Wildman–Crippen MR) is 122 cm³/mol. The van der Waals surface area contributed by atoms with Gasteiger partial charge >= 0.3 is 0 Å². The van der Waals surface area contributed by atoms with Crippen LogP contribution in [0.1, 0.15) is 16.7 Å². The number of halogens is 1. The number of non-ortho nitro benzene ring substituents is 1. The topological polar surface area (TPSA) is 76.4 Å². The number of ether oxygens (including phenoxy) is 1. The van der Waals surface area contributed by atoms with Crippen molar-refractivity contribution >= 4 is 23.8 Å². The van der Waals surface area contributed by atoms with Gasteiger partial charge in [-0.25, -0.2) is 0 Å². The molecule has 0 aliphatic rings. The van der Waals surface area contributed by atoms with Crippen LogP contribution in [0.15, 0.2) is 72.8 Å². The molecule has 0 aliphatic carbocycles. The Morgan fingerprint density at radius 2 is 1.50 bits per heavy atom. The van der Waals surface area contributed by atoms with Crippen LogP contribution in [-0.4, -0.2) is 18.0 Å². The van der Waals surface area contributed by atoms with Crippen LogP contribution in [0.25, 0.3) is 0 Å². The second-order valence-corrected chi connectivity index (χ2v) is 6.83. The lowest BCUT2D eigenvalue weighted by molar-refractivity contribution is -0.384. The van der Waals surface area contributed by atoms with Gasteiger partial charge in [0, 0.05) is 37.5 Å². The van der Waals surface area contributed by atoms with Gasteiger partial charge in [-0.2, -0.15) is 0 Å². The number of nitrogens with one attached hydrogen (secondary N) is 2. The maximum Gasteiger partial charge on any atom is 0.269 e. The fourth-order valence-electron chi connectivity index (χ4n) is 2.78. The van der Waals surface area contributed by atoms with Crippen molar-refractivity contribution in [3.05, 3.63) is 99.6 Å². The Hall–Kier alpha value is -3.09. The molecule has 0 atom stereocenters. The van der Waals surface area contributed by atoms with Crippen molar-refractivity contribution in [3.8, 4) is 5.75 Å². The second-order valence-electron chi connectivity index (χ2n) is 6.83. The van der Waals surface area contributed by atoms with E-state index >= 15 is 0 Å². The molecule has 7 heteroatoms. The number of aryl methyl sites for hydroxylation is 1. The number of rotatable bonds is 10. The summed E-state index contributed by atoms with van der Waals surface area (Å²) in [5.41, 5.74) is 4.55. The summed E-state index contributed by atoms with van der Waals surface area (Å²) in [6.45, 7) is 4.91. The smallest absolute Gasteiger partial charge is 0.269 e. The minimum Gasteiger partial charge on any atom is -0.489 e. The van der Waals surface area contributed by atoms with Crippen LogP contribution < -0.4 is 15.4 Å². The van der Waals surface area contributed by atoms with Crippen LogP contribution in [-0.2, 0) is 13.2 Å². The summed E-state index contributed by atoms with van der Waals surface area (Å²) < 4.78 is 5.83. The molecule has 0 spiro atoms. The lowest BCUT2D eigenvalue weighted by atomic mass is 10.2. The highest BCUT2D eigenvalue weighted by atomic mass is 35.5. The van der Waals surface area contributed by atoms with Crippen molar-refractivity contribution in [2.24, 2.45) is 0 Å². The first-order valence-corrected chi connectivity index (χ1v) is 9.56. The molecule has 0 bridgehead atoms. The van der Waals surface area contributed by atoms with E-state index in [2.05, 4.69) is 54.0 Å². The number of hydrogen-bond donors (Lipinski definition) is 2. The third-order valence-electron chi connectivity index (χ3n) is 4.49. The van der Waals surface area contributed by atoms with Gasteiger partial charge in [-0.3, -0.25) is 10.1 Å². The molecule has 0 unspecified atom stereocenters. The predicted octanol–water partition coefficient (Wildman–Crippen LogP) is 5.11. The molecule has 158 valence electrons. The third-order valence-corrected chi connectivity index (χ3v) is 4.49. The van der Waals surface area contributed by atoms with Crippen LogP contribution in [0.2, 0.25) is 0 Å². The van der Waals surface area contributed by atoms with Crippen molar-refractivity contribution in [1.29, 1.82) is 0 Å². The molecule has 0 amide bonds. The Balaban J connectivity index is 0.00000320. The van der Waals surface area contributed by atoms with E-state index in [9.17, 15) is 10.1 Å². The summed E-state index contributed by atoms with van der Waals surface area (Å²) >= 11 is 0. The Morgan fingerprint density at radius 3 is 2.13 bits per heavy atom. The lowest BCUT2D eigenvalue weighted by Gasteiger charge is -2.09. The summed E-state index contributed by atoms with van der Waals surface area (Å²) in [7, 11) is 0. The maximum absolute atomic E-state index is 10.6. The number of nitro benzene ring substituents is 1. The monoisotopic (exact) mass is 427 g/mol. The highest BCUT2D eigenvalue weighted by molar-refractivity contribution is 5.85. The van der Waals surface area contributed by atoms with Gasteiger partial charge in [-0.1, -0.05) is 42.0 Å². The average molecular weight is 428 g/mol. The zero-order valence-electron chi connectivity index (χ0n) is 16.8.